The van der Waals surface area contributed by atoms with E-state index in [0.717, 1.165) is 31.3 Å². The van der Waals surface area contributed by atoms with Gasteiger partial charge in [0.25, 0.3) is 0 Å². The molecule has 19 nitrogen and oxygen atoms in total. The zero-order valence-corrected chi connectivity index (χ0v) is 39.8. The molecule has 7 fully saturated rings. The van der Waals surface area contributed by atoms with Crippen LogP contribution in [0.1, 0.15) is 106 Å². The number of fused-ring (bicyclic) bond motifs is 7. The second kappa shape index (κ2) is 18.3. The van der Waals surface area contributed by atoms with Crippen LogP contribution in [0.15, 0.2) is 11.6 Å². The second-order valence-electron chi connectivity index (χ2n) is 22.9. The minimum Gasteiger partial charge on any atom is -0.469 e. The number of methoxy groups -OCH3 is 1. The standard InChI is InChI=1S/C48H76O19/c1-43(2)27-10-13-47(6)28(45(27,4)12-11-29(43)65-38-36(58)37(24(51)21-62-38)66-39-34(56)32(54)30(52)25(19-49)63-39)9-8-22-23-18-44(3,41(59)61-7)14-16-48(23,17-15-46(22,47)5)42(60)67-40-35(57)33(55)31(53)26(20-50)64-40/h8,23-40,49-58H,9-21H2,1-7H3. The molecule has 19 heteroatoms. The van der Waals surface area contributed by atoms with Gasteiger partial charge in [0, 0.05) is 0 Å². The SMILES string of the molecule is COC(=O)C1(C)CCC2(C(=O)OC3OC(CO)C(O)C(O)C3O)CCC3(C)C(=CCC4C5(C)CCC(OC6OCC(O)C(OC7OC(CO)C(O)C(O)C7O)C6O)C(C)(C)C5CCC43C)C2C1. The molecule has 0 aromatic heterocycles. The molecule has 3 saturated heterocycles. The summed E-state index contributed by atoms with van der Waals surface area (Å²) >= 11 is 0. The predicted molar refractivity (Wildman–Crippen MR) is 231 cm³/mol. The Balaban J connectivity index is 1.03. The highest BCUT2D eigenvalue weighted by Crippen LogP contribution is 2.76. The highest BCUT2D eigenvalue weighted by molar-refractivity contribution is 5.81. The molecule has 0 radical (unpaired) electrons. The number of carbonyl (C=O) groups is 2. The average Bonchev–Trinajstić information content (AvgIpc) is 3.29. The quantitative estimate of drug-likeness (QED) is 0.0822. The van der Waals surface area contributed by atoms with Crippen LogP contribution in [0.25, 0.3) is 0 Å². The molecule has 0 amide bonds. The number of esters is 2. The third-order valence-corrected chi connectivity index (χ3v) is 19.4. The molecule has 0 aromatic carbocycles. The number of carbonyl (C=O) groups excluding carboxylic acids is 2. The number of aliphatic hydroxyl groups excluding tert-OH is 10. The van der Waals surface area contributed by atoms with Gasteiger partial charge in [-0.25, -0.2) is 0 Å². The van der Waals surface area contributed by atoms with Crippen molar-refractivity contribution in [2.45, 2.75) is 198 Å². The van der Waals surface area contributed by atoms with Crippen molar-refractivity contribution in [3.05, 3.63) is 11.6 Å². The van der Waals surface area contributed by atoms with E-state index < -0.39 is 133 Å². The van der Waals surface area contributed by atoms with Crippen molar-refractivity contribution in [3.8, 4) is 0 Å². The lowest BCUT2D eigenvalue weighted by atomic mass is 9.33. The van der Waals surface area contributed by atoms with E-state index >= 15 is 0 Å². The van der Waals surface area contributed by atoms with E-state index in [1.54, 1.807) is 0 Å². The Bertz CT molecular complexity index is 1860. The highest BCUT2D eigenvalue weighted by atomic mass is 16.7. The first kappa shape index (κ1) is 51.4. The summed E-state index contributed by atoms with van der Waals surface area (Å²) in [6.45, 7) is 11.7. The van der Waals surface area contributed by atoms with Crippen LogP contribution in [0.4, 0.5) is 0 Å². The zero-order chi connectivity index (χ0) is 49.0. The van der Waals surface area contributed by atoms with Gasteiger partial charge in [-0.3, -0.25) is 9.59 Å². The van der Waals surface area contributed by atoms with E-state index in [0.29, 0.717) is 38.5 Å². The van der Waals surface area contributed by atoms with Crippen LogP contribution in [0, 0.1) is 50.2 Å². The van der Waals surface area contributed by atoms with E-state index in [-0.39, 0.29) is 41.3 Å². The minimum absolute atomic E-state index is 0.163. The van der Waals surface area contributed by atoms with Crippen LogP contribution in [0.5, 0.6) is 0 Å². The van der Waals surface area contributed by atoms with Gasteiger partial charge in [-0.05, 0) is 111 Å². The fourth-order valence-electron chi connectivity index (χ4n) is 15.0. The van der Waals surface area contributed by atoms with Gasteiger partial charge in [-0.15, -0.1) is 0 Å². The van der Waals surface area contributed by atoms with Crippen molar-refractivity contribution in [2.75, 3.05) is 26.9 Å². The molecule has 0 spiro atoms. The molecule has 3 aliphatic heterocycles. The molecule has 0 bridgehead atoms. The first-order chi connectivity index (χ1) is 31.4. The van der Waals surface area contributed by atoms with Crippen molar-refractivity contribution >= 4 is 11.9 Å². The second-order valence-corrected chi connectivity index (χ2v) is 22.9. The number of ether oxygens (including phenoxy) is 7. The maximum absolute atomic E-state index is 14.8. The van der Waals surface area contributed by atoms with Gasteiger partial charge in [-0.2, -0.15) is 0 Å². The van der Waals surface area contributed by atoms with Crippen molar-refractivity contribution in [3.63, 3.8) is 0 Å². The summed E-state index contributed by atoms with van der Waals surface area (Å²) in [6.07, 6.45) is -13.5. The van der Waals surface area contributed by atoms with Crippen LogP contribution in [-0.2, 0) is 42.7 Å². The third-order valence-electron chi connectivity index (χ3n) is 19.4. The summed E-state index contributed by atoms with van der Waals surface area (Å²) in [4.78, 5) is 28.3. The molecule has 0 aromatic rings. The van der Waals surface area contributed by atoms with Gasteiger partial charge in [-0.1, -0.05) is 46.3 Å². The van der Waals surface area contributed by atoms with Crippen molar-refractivity contribution in [1.29, 1.82) is 0 Å². The number of hydrogen-bond donors (Lipinski definition) is 10. The largest absolute Gasteiger partial charge is 0.469 e. The summed E-state index contributed by atoms with van der Waals surface area (Å²) in [5, 5.41) is 105. The average molecular weight is 957 g/mol. The maximum atomic E-state index is 14.8. The van der Waals surface area contributed by atoms with Crippen molar-refractivity contribution in [2.24, 2.45) is 50.2 Å². The van der Waals surface area contributed by atoms with Crippen LogP contribution in [-0.4, -0.2) is 182 Å². The summed E-state index contributed by atoms with van der Waals surface area (Å²) in [5.74, 6) is -1.03. The first-order valence-corrected chi connectivity index (χ1v) is 24.3. The molecule has 382 valence electrons. The topological polar surface area (TPSA) is 301 Å². The number of aliphatic hydroxyl groups is 10. The lowest BCUT2D eigenvalue weighted by molar-refractivity contribution is -0.357. The Kier molecular flexibility index (Phi) is 14.0. The Morgan fingerprint density at radius 1 is 0.672 bits per heavy atom. The van der Waals surface area contributed by atoms with Gasteiger partial charge in [0.1, 0.15) is 67.1 Å². The lowest BCUT2D eigenvalue weighted by Crippen LogP contribution is -2.66. The normalized spacial score (nSPS) is 52.9. The minimum atomic E-state index is -1.76. The Labute approximate surface area is 391 Å². The summed E-state index contributed by atoms with van der Waals surface area (Å²) in [5.41, 5.74) is -2.14. The predicted octanol–water partition coefficient (Wildman–Crippen LogP) is -0.0673. The van der Waals surface area contributed by atoms with Crippen LogP contribution >= 0.6 is 0 Å². The summed E-state index contributed by atoms with van der Waals surface area (Å²) < 4.78 is 40.8. The van der Waals surface area contributed by atoms with E-state index in [1.807, 2.05) is 6.92 Å². The summed E-state index contributed by atoms with van der Waals surface area (Å²) in [6, 6.07) is 0. The fourth-order valence-corrected chi connectivity index (χ4v) is 15.0. The molecule has 23 atom stereocenters. The molecule has 23 unspecified atom stereocenters. The number of allylic oxidation sites excluding steroid dienone is 2. The van der Waals surface area contributed by atoms with Gasteiger partial charge >= 0.3 is 11.9 Å². The highest BCUT2D eigenvalue weighted by Gasteiger charge is 2.71. The first-order valence-electron chi connectivity index (χ1n) is 24.3. The van der Waals surface area contributed by atoms with E-state index in [2.05, 4.69) is 40.7 Å². The summed E-state index contributed by atoms with van der Waals surface area (Å²) in [7, 11) is 1.37. The van der Waals surface area contributed by atoms with Gasteiger partial charge in [0.15, 0.2) is 12.6 Å². The van der Waals surface area contributed by atoms with Crippen LogP contribution in [0.2, 0.25) is 0 Å². The Hall–Kier alpha value is -1.92. The fraction of sp³-hybridized carbons (Fsp3) is 0.917. The zero-order valence-electron chi connectivity index (χ0n) is 39.8. The van der Waals surface area contributed by atoms with Gasteiger partial charge in [0.05, 0.1) is 43.9 Å². The lowest BCUT2D eigenvalue weighted by Gasteiger charge is -2.71. The molecule has 3 heterocycles. The molecule has 8 rings (SSSR count). The smallest absolute Gasteiger partial charge is 0.315 e. The van der Waals surface area contributed by atoms with Gasteiger partial charge in [0.2, 0.25) is 6.29 Å². The van der Waals surface area contributed by atoms with Gasteiger partial charge < -0.3 is 84.2 Å². The maximum Gasteiger partial charge on any atom is 0.315 e. The number of rotatable bonds is 9. The molecule has 8 aliphatic rings. The Morgan fingerprint density at radius 2 is 1.28 bits per heavy atom. The molecular formula is C48H76O19. The third kappa shape index (κ3) is 7.97. The van der Waals surface area contributed by atoms with Crippen molar-refractivity contribution in [1.82, 2.24) is 0 Å². The Morgan fingerprint density at radius 3 is 1.91 bits per heavy atom. The molecule has 10 N–H and O–H groups in total. The molecule has 4 saturated carbocycles. The van der Waals surface area contributed by atoms with Crippen LogP contribution in [0.3, 0.4) is 0 Å². The van der Waals surface area contributed by atoms with E-state index in [1.165, 1.54) is 7.11 Å². The number of hydrogen-bond acceptors (Lipinski definition) is 19. The monoisotopic (exact) mass is 956 g/mol. The van der Waals surface area contributed by atoms with E-state index in [9.17, 15) is 60.7 Å². The molecular weight excluding hydrogens is 881 g/mol. The molecule has 5 aliphatic carbocycles. The van der Waals surface area contributed by atoms with Crippen LogP contribution < -0.4 is 0 Å². The van der Waals surface area contributed by atoms with Crippen molar-refractivity contribution < 1.29 is 93.8 Å². The van der Waals surface area contributed by atoms with E-state index in [4.69, 9.17) is 33.2 Å². The molecule has 67 heavy (non-hydrogen) atoms.